The standard InChI is InChI=1S/C24H25FN2O2/c25-20-10-6-9-19(15-20)23(29)26-17-24-13-5-4-11-21(24)27(22(28)12-14-24)16-18-7-2-1-3-8-18/h1-3,6-11,15H,4-5,12-14,16-17H2,(H,26,29). The van der Waals surface area contributed by atoms with Crippen molar-refractivity contribution in [3.63, 3.8) is 0 Å². The van der Waals surface area contributed by atoms with Gasteiger partial charge >= 0.3 is 0 Å². The van der Waals surface area contributed by atoms with Crippen LogP contribution in [0.1, 0.15) is 48.0 Å². The summed E-state index contributed by atoms with van der Waals surface area (Å²) in [6.07, 6.45) is 6.27. The highest BCUT2D eigenvalue weighted by Gasteiger charge is 2.44. The predicted octanol–water partition coefficient (Wildman–Crippen LogP) is 4.43. The average molecular weight is 392 g/mol. The van der Waals surface area contributed by atoms with Crippen LogP contribution in [0.15, 0.2) is 66.4 Å². The van der Waals surface area contributed by atoms with E-state index in [1.807, 2.05) is 35.2 Å². The number of piperidine rings is 1. The third kappa shape index (κ3) is 4.09. The summed E-state index contributed by atoms with van der Waals surface area (Å²) in [5.41, 5.74) is 2.19. The van der Waals surface area contributed by atoms with Crippen molar-refractivity contribution >= 4 is 11.8 Å². The molecule has 150 valence electrons. The summed E-state index contributed by atoms with van der Waals surface area (Å²) >= 11 is 0. The molecule has 29 heavy (non-hydrogen) atoms. The number of hydrogen-bond donors (Lipinski definition) is 1. The van der Waals surface area contributed by atoms with Crippen molar-refractivity contribution in [2.45, 2.75) is 38.6 Å². The summed E-state index contributed by atoms with van der Waals surface area (Å²) in [6.45, 7) is 0.998. The van der Waals surface area contributed by atoms with E-state index in [9.17, 15) is 14.0 Å². The highest BCUT2D eigenvalue weighted by Crippen LogP contribution is 2.46. The first-order chi connectivity index (χ1) is 14.1. The fraction of sp³-hybridized carbons (Fsp3) is 0.333. The molecule has 1 unspecified atom stereocenters. The maximum atomic E-state index is 13.5. The highest BCUT2D eigenvalue weighted by molar-refractivity contribution is 5.94. The van der Waals surface area contributed by atoms with Crippen LogP contribution >= 0.6 is 0 Å². The van der Waals surface area contributed by atoms with E-state index in [1.54, 1.807) is 6.07 Å². The van der Waals surface area contributed by atoms with Crippen molar-refractivity contribution in [3.05, 3.63) is 83.3 Å². The van der Waals surface area contributed by atoms with Crippen LogP contribution < -0.4 is 5.32 Å². The molecular formula is C24H25FN2O2. The van der Waals surface area contributed by atoms with Gasteiger partial charge in [-0.05, 0) is 49.4 Å². The molecule has 0 spiro atoms. The number of allylic oxidation sites excluding steroid dienone is 1. The second-order valence-electron chi connectivity index (χ2n) is 7.92. The number of halogens is 1. The zero-order valence-electron chi connectivity index (χ0n) is 16.4. The fourth-order valence-corrected chi connectivity index (χ4v) is 4.48. The SMILES string of the molecule is O=C(NCC12CCCC=C1N(Cc1ccccc1)C(=O)CC2)c1cccc(F)c1. The van der Waals surface area contributed by atoms with E-state index in [0.717, 1.165) is 36.9 Å². The minimum Gasteiger partial charge on any atom is -0.351 e. The maximum absolute atomic E-state index is 13.5. The average Bonchev–Trinajstić information content (AvgIpc) is 2.75. The molecular weight excluding hydrogens is 367 g/mol. The first-order valence-corrected chi connectivity index (χ1v) is 10.2. The van der Waals surface area contributed by atoms with E-state index < -0.39 is 5.82 Å². The van der Waals surface area contributed by atoms with E-state index in [4.69, 9.17) is 0 Å². The molecule has 0 aromatic heterocycles. The lowest BCUT2D eigenvalue weighted by molar-refractivity contribution is -0.134. The van der Waals surface area contributed by atoms with Crippen LogP contribution in [0, 0.1) is 11.2 Å². The molecule has 2 aromatic rings. The topological polar surface area (TPSA) is 49.4 Å². The zero-order valence-corrected chi connectivity index (χ0v) is 16.4. The molecule has 1 atom stereocenters. The van der Waals surface area contributed by atoms with Gasteiger partial charge in [0.05, 0.1) is 6.54 Å². The van der Waals surface area contributed by atoms with Gasteiger partial charge in [0.25, 0.3) is 5.91 Å². The van der Waals surface area contributed by atoms with E-state index in [-0.39, 0.29) is 17.2 Å². The Labute approximate surface area is 170 Å². The number of benzene rings is 2. The molecule has 2 amide bonds. The summed E-state index contributed by atoms with van der Waals surface area (Å²) in [7, 11) is 0. The van der Waals surface area contributed by atoms with Gasteiger partial charge in [0.1, 0.15) is 5.82 Å². The monoisotopic (exact) mass is 392 g/mol. The summed E-state index contributed by atoms with van der Waals surface area (Å²) in [4.78, 5) is 27.2. The largest absolute Gasteiger partial charge is 0.351 e. The Morgan fingerprint density at radius 3 is 2.72 bits per heavy atom. The highest BCUT2D eigenvalue weighted by atomic mass is 19.1. The van der Waals surface area contributed by atoms with Crippen molar-refractivity contribution in [1.29, 1.82) is 0 Å². The molecule has 1 aliphatic carbocycles. The Hall–Kier alpha value is -2.95. The molecule has 1 saturated heterocycles. The van der Waals surface area contributed by atoms with Crippen LogP contribution in [-0.4, -0.2) is 23.3 Å². The minimum absolute atomic E-state index is 0.133. The Morgan fingerprint density at radius 1 is 1.10 bits per heavy atom. The number of rotatable bonds is 5. The molecule has 2 aromatic carbocycles. The van der Waals surface area contributed by atoms with Crippen molar-refractivity contribution < 1.29 is 14.0 Å². The first-order valence-electron chi connectivity index (χ1n) is 10.2. The third-order valence-electron chi connectivity index (χ3n) is 6.01. The van der Waals surface area contributed by atoms with E-state index in [0.29, 0.717) is 25.1 Å². The van der Waals surface area contributed by atoms with Crippen LogP contribution in [-0.2, 0) is 11.3 Å². The Kier molecular flexibility index (Phi) is 5.47. The lowest BCUT2D eigenvalue weighted by Crippen LogP contribution is -2.50. The molecule has 1 fully saturated rings. The number of fused-ring (bicyclic) bond motifs is 1. The van der Waals surface area contributed by atoms with Gasteiger partial charge in [-0.1, -0.05) is 42.5 Å². The molecule has 1 heterocycles. The second kappa shape index (κ2) is 8.19. The number of nitrogens with zero attached hydrogens (tertiary/aromatic N) is 1. The number of amides is 2. The van der Waals surface area contributed by atoms with Gasteiger partial charge in [-0.2, -0.15) is 0 Å². The van der Waals surface area contributed by atoms with Crippen molar-refractivity contribution in [1.82, 2.24) is 10.2 Å². The Morgan fingerprint density at radius 2 is 1.93 bits per heavy atom. The molecule has 5 heteroatoms. The van der Waals surface area contributed by atoms with Crippen LogP contribution in [0.5, 0.6) is 0 Å². The van der Waals surface area contributed by atoms with Gasteiger partial charge in [-0.15, -0.1) is 0 Å². The Balaban J connectivity index is 1.54. The fourth-order valence-electron chi connectivity index (χ4n) is 4.48. The predicted molar refractivity (Wildman–Crippen MR) is 109 cm³/mol. The van der Waals surface area contributed by atoms with E-state index in [2.05, 4.69) is 11.4 Å². The van der Waals surface area contributed by atoms with Gasteiger partial charge < -0.3 is 10.2 Å². The summed E-state index contributed by atoms with van der Waals surface area (Å²) in [5.74, 6) is -0.573. The van der Waals surface area contributed by atoms with Gasteiger partial charge in [0.2, 0.25) is 5.91 Å². The van der Waals surface area contributed by atoms with Crippen molar-refractivity contribution in [3.8, 4) is 0 Å². The quantitative estimate of drug-likeness (QED) is 0.818. The van der Waals surface area contributed by atoms with Crippen LogP contribution in [0.4, 0.5) is 4.39 Å². The summed E-state index contributed by atoms with van der Waals surface area (Å²) in [6, 6.07) is 15.7. The van der Waals surface area contributed by atoms with Crippen molar-refractivity contribution in [2.24, 2.45) is 5.41 Å². The summed E-state index contributed by atoms with van der Waals surface area (Å²) < 4.78 is 13.5. The second-order valence-corrected chi connectivity index (χ2v) is 7.92. The molecule has 4 rings (SSSR count). The normalized spacial score (nSPS) is 21.3. The van der Waals surface area contributed by atoms with E-state index in [1.165, 1.54) is 18.2 Å². The number of carbonyl (C=O) groups excluding carboxylic acids is 2. The molecule has 0 radical (unpaired) electrons. The van der Waals surface area contributed by atoms with Crippen LogP contribution in [0.25, 0.3) is 0 Å². The van der Waals surface area contributed by atoms with Gasteiger partial charge in [-0.3, -0.25) is 9.59 Å². The van der Waals surface area contributed by atoms with Gasteiger partial charge in [-0.25, -0.2) is 4.39 Å². The van der Waals surface area contributed by atoms with Crippen molar-refractivity contribution in [2.75, 3.05) is 6.54 Å². The lowest BCUT2D eigenvalue weighted by Gasteiger charge is -2.47. The van der Waals surface area contributed by atoms with Gasteiger partial charge in [0.15, 0.2) is 0 Å². The first kappa shape index (κ1) is 19.4. The van der Waals surface area contributed by atoms with Crippen LogP contribution in [0.3, 0.4) is 0 Å². The molecule has 4 nitrogen and oxygen atoms in total. The number of nitrogens with one attached hydrogen (secondary N) is 1. The Bertz CT molecular complexity index is 941. The van der Waals surface area contributed by atoms with Gasteiger partial charge in [0, 0.05) is 29.6 Å². The van der Waals surface area contributed by atoms with Crippen LogP contribution in [0.2, 0.25) is 0 Å². The number of likely N-dealkylation sites (tertiary alicyclic amines) is 1. The molecule has 0 saturated carbocycles. The minimum atomic E-state index is -0.425. The summed E-state index contributed by atoms with van der Waals surface area (Å²) in [5, 5.41) is 3.00. The van der Waals surface area contributed by atoms with E-state index >= 15 is 0 Å². The number of hydrogen-bond acceptors (Lipinski definition) is 2. The molecule has 1 N–H and O–H groups in total. The molecule has 0 bridgehead atoms. The number of carbonyl (C=O) groups is 2. The molecule has 2 aliphatic rings. The lowest BCUT2D eigenvalue weighted by atomic mass is 9.69. The third-order valence-corrected chi connectivity index (χ3v) is 6.01. The zero-order chi connectivity index (χ0) is 20.3. The molecule has 1 aliphatic heterocycles. The smallest absolute Gasteiger partial charge is 0.251 e. The maximum Gasteiger partial charge on any atom is 0.251 e.